The van der Waals surface area contributed by atoms with Crippen molar-refractivity contribution in [2.45, 2.75) is 6.61 Å². The molecule has 1 heterocycles. The first-order valence-electron chi connectivity index (χ1n) is 8.58. The lowest BCUT2D eigenvalue weighted by Crippen LogP contribution is -2.14. The van der Waals surface area contributed by atoms with Gasteiger partial charge in [-0.3, -0.25) is 9.78 Å². The second-order valence-electron chi connectivity index (χ2n) is 6.00. The SMILES string of the molecule is O=C(Nc1ccc(OCc2ccccc2)cc1)c1cnc2ccccc2n1. The van der Waals surface area contributed by atoms with Crippen molar-refractivity contribution in [3.8, 4) is 5.75 Å². The number of para-hydroxylation sites is 2. The van der Waals surface area contributed by atoms with Gasteiger partial charge in [0, 0.05) is 5.69 Å². The average Bonchev–Trinajstić information content (AvgIpc) is 2.73. The number of hydrogen-bond donors (Lipinski definition) is 1. The predicted octanol–water partition coefficient (Wildman–Crippen LogP) is 4.46. The molecule has 0 radical (unpaired) electrons. The molecule has 0 spiro atoms. The lowest BCUT2D eigenvalue weighted by molar-refractivity contribution is 0.102. The largest absolute Gasteiger partial charge is 0.489 e. The van der Waals surface area contributed by atoms with Gasteiger partial charge >= 0.3 is 0 Å². The molecular formula is C22H17N3O2. The summed E-state index contributed by atoms with van der Waals surface area (Å²) >= 11 is 0. The van der Waals surface area contributed by atoms with Crippen LogP contribution in [0.2, 0.25) is 0 Å². The van der Waals surface area contributed by atoms with Gasteiger partial charge in [-0.1, -0.05) is 42.5 Å². The van der Waals surface area contributed by atoms with Crippen molar-refractivity contribution in [2.24, 2.45) is 0 Å². The fourth-order valence-electron chi connectivity index (χ4n) is 2.64. The molecule has 1 amide bonds. The van der Waals surface area contributed by atoms with Crippen LogP contribution in [-0.4, -0.2) is 15.9 Å². The van der Waals surface area contributed by atoms with Gasteiger partial charge in [0.05, 0.1) is 17.2 Å². The number of carbonyl (C=O) groups excluding carboxylic acids is 1. The third-order valence-corrected chi connectivity index (χ3v) is 4.04. The lowest BCUT2D eigenvalue weighted by atomic mass is 10.2. The summed E-state index contributed by atoms with van der Waals surface area (Å²) in [6.07, 6.45) is 1.48. The molecule has 5 heteroatoms. The normalized spacial score (nSPS) is 10.5. The van der Waals surface area contributed by atoms with Gasteiger partial charge in [0.15, 0.2) is 0 Å². The van der Waals surface area contributed by atoms with Crippen LogP contribution in [-0.2, 0) is 6.61 Å². The number of nitrogens with one attached hydrogen (secondary N) is 1. The molecular weight excluding hydrogens is 338 g/mol. The Hall–Kier alpha value is -3.73. The summed E-state index contributed by atoms with van der Waals surface area (Å²) in [6.45, 7) is 0.499. The highest BCUT2D eigenvalue weighted by atomic mass is 16.5. The van der Waals surface area contributed by atoms with E-state index >= 15 is 0 Å². The van der Waals surface area contributed by atoms with Gasteiger partial charge in [0.2, 0.25) is 0 Å². The number of anilines is 1. The van der Waals surface area contributed by atoms with Crippen molar-refractivity contribution < 1.29 is 9.53 Å². The molecule has 132 valence electrons. The zero-order chi connectivity index (χ0) is 18.5. The van der Waals surface area contributed by atoms with Crippen molar-refractivity contribution in [3.05, 3.63) is 96.3 Å². The van der Waals surface area contributed by atoms with Crippen LogP contribution in [0.3, 0.4) is 0 Å². The van der Waals surface area contributed by atoms with E-state index in [9.17, 15) is 4.79 Å². The van der Waals surface area contributed by atoms with Crippen LogP contribution >= 0.6 is 0 Å². The first kappa shape index (κ1) is 16.7. The van der Waals surface area contributed by atoms with Gasteiger partial charge in [-0.2, -0.15) is 0 Å². The van der Waals surface area contributed by atoms with Crippen molar-refractivity contribution >= 4 is 22.6 Å². The van der Waals surface area contributed by atoms with E-state index in [4.69, 9.17) is 4.74 Å². The maximum Gasteiger partial charge on any atom is 0.275 e. The summed E-state index contributed by atoms with van der Waals surface area (Å²) < 4.78 is 5.75. The van der Waals surface area contributed by atoms with E-state index in [1.165, 1.54) is 6.20 Å². The standard InChI is InChI=1S/C22H17N3O2/c26-22(21-14-23-19-8-4-5-9-20(19)25-21)24-17-10-12-18(13-11-17)27-15-16-6-2-1-3-7-16/h1-14H,15H2,(H,24,26). The van der Waals surface area contributed by atoms with Crippen LogP contribution in [0, 0.1) is 0 Å². The Bertz CT molecular complexity index is 1060. The van der Waals surface area contributed by atoms with Crippen LogP contribution in [0.15, 0.2) is 85.1 Å². The summed E-state index contributed by atoms with van der Waals surface area (Å²) in [6, 6.07) is 24.6. The monoisotopic (exact) mass is 355 g/mol. The first-order valence-corrected chi connectivity index (χ1v) is 8.58. The average molecular weight is 355 g/mol. The minimum atomic E-state index is -0.300. The second-order valence-corrected chi connectivity index (χ2v) is 6.00. The van der Waals surface area contributed by atoms with E-state index in [1.807, 2.05) is 66.7 Å². The van der Waals surface area contributed by atoms with E-state index in [1.54, 1.807) is 12.1 Å². The molecule has 27 heavy (non-hydrogen) atoms. The van der Waals surface area contributed by atoms with E-state index in [0.29, 0.717) is 17.8 Å². The topological polar surface area (TPSA) is 64.1 Å². The highest BCUT2D eigenvalue weighted by molar-refractivity contribution is 6.03. The summed E-state index contributed by atoms with van der Waals surface area (Å²) in [4.78, 5) is 21.0. The van der Waals surface area contributed by atoms with Gasteiger partial charge in [0.1, 0.15) is 18.1 Å². The number of fused-ring (bicyclic) bond motifs is 1. The zero-order valence-corrected chi connectivity index (χ0v) is 14.5. The van der Waals surface area contributed by atoms with E-state index in [0.717, 1.165) is 16.8 Å². The second kappa shape index (κ2) is 7.66. The minimum Gasteiger partial charge on any atom is -0.489 e. The Morgan fingerprint density at radius 2 is 1.56 bits per heavy atom. The highest BCUT2D eigenvalue weighted by Gasteiger charge is 2.09. The van der Waals surface area contributed by atoms with Crippen LogP contribution < -0.4 is 10.1 Å². The molecule has 0 unspecified atom stereocenters. The van der Waals surface area contributed by atoms with E-state index in [-0.39, 0.29) is 11.6 Å². The Kier molecular flexibility index (Phi) is 4.74. The molecule has 1 N–H and O–H groups in total. The van der Waals surface area contributed by atoms with Crippen molar-refractivity contribution in [1.29, 1.82) is 0 Å². The van der Waals surface area contributed by atoms with Crippen molar-refractivity contribution in [2.75, 3.05) is 5.32 Å². The Morgan fingerprint density at radius 1 is 0.852 bits per heavy atom. The number of carbonyl (C=O) groups is 1. The van der Waals surface area contributed by atoms with Crippen LogP contribution in [0.4, 0.5) is 5.69 Å². The maximum atomic E-state index is 12.4. The van der Waals surface area contributed by atoms with Crippen LogP contribution in [0.25, 0.3) is 11.0 Å². The van der Waals surface area contributed by atoms with Crippen LogP contribution in [0.5, 0.6) is 5.75 Å². The molecule has 1 aromatic heterocycles. The molecule has 0 atom stereocenters. The van der Waals surface area contributed by atoms with Crippen molar-refractivity contribution in [3.63, 3.8) is 0 Å². The Labute approximate surface area is 156 Å². The zero-order valence-electron chi connectivity index (χ0n) is 14.5. The lowest BCUT2D eigenvalue weighted by Gasteiger charge is -2.08. The molecule has 0 aliphatic heterocycles. The highest BCUT2D eigenvalue weighted by Crippen LogP contribution is 2.18. The third-order valence-electron chi connectivity index (χ3n) is 4.04. The van der Waals surface area contributed by atoms with Gasteiger partial charge in [0.25, 0.3) is 5.91 Å². The number of rotatable bonds is 5. The molecule has 0 saturated heterocycles. The van der Waals surface area contributed by atoms with Gasteiger partial charge < -0.3 is 10.1 Å². The molecule has 5 nitrogen and oxygen atoms in total. The summed E-state index contributed by atoms with van der Waals surface area (Å²) in [5.41, 5.74) is 3.49. The number of ether oxygens (including phenoxy) is 1. The van der Waals surface area contributed by atoms with E-state index in [2.05, 4.69) is 15.3 Å². The number of amides is 1. The smallest absolute Gasteiger partial charge is 0.275 e. The fourth-order valence-corrected chi connectivity index (χ4v) is 2.64. The summed E-state index contributed by atoms with van der Waals surface area (Å²) in [7, 11) is 0. The molecule has 0 aliphatic rings. The first-order chi connectivity index (χ1) is 13.3. The molecule has 0 aliphatic carbocycles. The predicted molar refractivity (Wildman–Crippen MR) is 105 cm³/mol. The molecule has 3 aromatic carbocycles. The number of benzene rings is 3. The summed E-state index contributed by atoms with van der Waals surface area (Å²) in [5.74, 6) is 0.438. The van der Waals surface area contributed by atoms with Gasteiger partial charge in [-0.05, 0) is 42.0 Å². The fraction of sp³-hybridized carbons (Fsp3) is 0.0455. The Balaban J connectivity index is 1.40. The molecule has 4 aromatic rings. The number of hydrogen-bond acceptors (Lipinski definition) is 4. The minimum absolute atomic E-state index is 0.276. The molecule has 0 bridgehead atoms. The van der Waals surface area contributed by atoms with Crippen molar-refractivity contribution in [1.82, 2.24) is 9.97 Å². The number of aromatic nitrogens is 2. The maximum absolute atomic E-state index is 12.4. The van der Waals surface area contributed by atoms with Crippen LogP contribution in [0.1, 0.15) is 16.1 Å². The molecule has 0 saturated carbocycles. The summed E-state index contributed by atoms with van der Waals surface area (Å²) in [5, 5.41) is 2.83. The quantitative estimate of drug-likeness (QED) is 0.574. The molecule has 4 rings (SSSR count). The van der Waals surface area contributed by atoms with Gasteiger partial charge in [-0.15, -0.1) is 0 Å². The third kappa shape index (κ3) is 4.10. The number of nitrogens with zero attached hydrogens (tertiary/aromatic N) is 2. The van der Waals surface area contributed by atoms with E-state index < -0.39 is 0 Å². The van der Waals surface area contributed by atoms with Gasteiger partial charge in [-0.25, -0.2) is 4.98 Å². The Morgan fingerprint density at radius 3 is 2.33 bits per heavy atom. The molecule has 0 fully saturated rings.